The molecule has 102 valence electrons. The summed E-state index contributed by atoms with van der Waals surface area (Å²) in [5, 5.41) is 0.456. The van der Waals surface area contributed by atoms with Crippen molar-refractivity contribution in [1.29, 1.82) is 0 Å². The van der Waals surface area contributed by atoms with E-state index in [-0.39, 0.29) is 5.91 Å². The summed E-state index contributed by atoms with van der Waals surface area (Å²) in [6.45, 7) is 1.78. The van der Waals surface area contributed by atoms with Gasteiger partial charge in [0.25, 0.3) is 5.91 Å². The predicted molar refractivity (Wildman–Crippen MR) is 75.3 cm³/mol. The first-order chi connectivity index (χ1) is 9.20. The van der Waals surface area contributed by atoms with Crippen LogP contribution in [0, 0.1) is 5.41 Å². The minimum Gasteiger partial charge on any atom is -0.338 e. The lowest BCUT2D eigenvalue weighted by molar-refractivity contribution is 0.0759. The third kappa shape index (κ3) is 2.48. The molecule has 0 atom stereocenters. The maximum Gasteiger partial charge on any atom is 0.255 e. The number of nitrogens with zero attached hydrogens (tertiary/aromatic N) is 2. The molecule has 19 heavy (non-hydrogen) atoms. The van der Waals surface area contributed by atoms with Crippen LogP contribution in [0.15, 0.2) is 18.5 Å². The Labute approximate surface area is 119 Å². The number of hydrogen-bond donors (Lipinski definition) is 0. The van der Waals surface area contributed by atoms with E-state index in [1.54, 1.807) is 18.5 Å². The van der Waals surface area contributed by atoms with E-state index in [0.29, 0.717) is 16.0 Å². The van der Waals surface area contributed by atoms with Crippen LogP contribution in [-0.2, 0) is 0 Å². The van der Waals surface area contributed by atoms with E-state index in [4.69, 9.17) is 11.6 Å². The minimum absolute atomic E-state index is 0.0647. The van der Waals surface area contributed by atoms with Gasteiger partial charge in [0.1, 0.15) is 0 Å². The molecule has 3 nitrogen and oxygen atoms in total. The highest BCUT2D eigenvalue weighted by atomic mass is 35.5. The number of aromatic nitrogens is 1. The van der Waals surface area contributed by atoms with E-state index in [1.165, 1.54) is 32.1 Å². The molecule has 1 saturated heterocycles. The molecule has 1 aromatic heterocycles. The molecule has 1 saturated carbocycles. The Morgan fingerprint density at radius 3 is 2.79 bits per heavy atom. The van der Waals surface area contributed by atoms with E-state index in [2.05, 4.69) is 4.98 Å². The lowest BCUT2D eigenvalue weighted by Gasteiger charge is -2.33. The number of amides is 1. The van der Waals surface area contributed by atoms with Gasteiger partial charge in [-0.1, -0.05) is 30.9 Å². The van der Waals surface area contributed by atoms with Crippen LogP contribution < -0.4 is 0 Å². The second-order valence-corrected chi connectivity index (χ2v) is 6.30. The zero-order valence-corrected chi connectivity index (χ0v) is 11.8. The average Bonchev–Trinajstić information content (AvgIpc) is 2.83. The topological polar surface area (TPSA) is 33.2 Å². The molecule has 1 aromatic rings. The van der Waals surface area contributed by atoms with Crippen molar-refractivity contribution in [3.05, 3.63) is 29.0 Å². The van der Waals surface area contributed by atoms with Gasteiger partial charge in [0.2, 0.25) is 0 Å². The number of halogens is 1. The van der Waals surface area contributed by atoms with Crippen molar-refractivity contribution in [2.75, 3.05) is 13.1 Å². The number of carbonyl (C=O) groups excluding carboxylic acids is 1. The Morgan fingerprint density at radius 1 is 1.26 bits per heavy atom. The highest BCUT2D eigenvalue weighted by Gasteiger charge is 2.40. The summed E-state index contributed by atoms with van der Waals surface area (Å²) in [5.41, 5.74) is 0.984. The quantitative estimate of drug-likeness (QED) is 0.787. The molecular formula is C15H19ClN2O. The van der Waals surface area contributed by atoms with Crippen LogP contribution in [-0.4, -0.2) is 28.9 Å². The molecule has 0 bridgehead atoms. The zero-order valence-electron chi connectivity index (χ0n) is 11.1. The first-order valence-electron chi connectivity index (χ1n) is 7.09. The summed E-state index contributed by atoms with van der Waals surface area (Å²) in [6, 6.07) is 1.72. The van der Waals surface area contributed by atoms with Gasteiger partial charge in [0.15, 0.2) is 0 Å². The number of likely N-dealkylation sites (tertiary alicyclic amines) is 1. The average molecular weight is 279 g/mol. The van der Waals surface area contributed by atoms with Crippen molar-refractivity contribution < 1.29 is 4.79 Å². The maximum absolute atomic E-state index is 12.5. The molecule has 1 amide bonds. The molecule has 0 aromatic carbocycles. The van der Waals surface area contributed by atoms with Gasteiger partial charge < -0.3 is 4.90 Å². The van der Waals surface area contributed by atoms with Crippen LogP contribution in [0.3, 0.4) is 0 Å². The molecule has 0 N–H and O–H groups in total. The van der Waals surface area contributed by atoms with Crippen LogP contribution >= 0.6 is 11.6 Å². The zero-order chi connectivity index (χ0) is 13.3. The number of carbonyl (C=O) groups is 1. The first-order valence-corrected chi connectivity index (χ1v) is 7.47. The molecule has 3 rings (SSSR count). The fourth-order valence-electron chi connectivity index (χ4n) is 3.54. The molecule has 2 aliphatic rings. The molecule has 2 heterocycles. The van der Waals surface area contributed by atoms with E-state index < -0.39 is 0 Å². The SMILES string of the molecule is O=C(c1ccncc1Cl)N1CCC2(CCCCC2)C1. The number of pyridine rings is 1. The molecule has 0 radical (unpaired) electrons. The third-order valence-corrected chi connectivity index (χ3v) is 4.94. The largest absolute Gasteiger partial charge is 0.338 e. The van der Waals surface area contributed by atoms with Gasteiger partial charge in [0.05, 0.1) is 10.6 Å². The lowest BCUT2D eigenvalue weighted by Crippen LogP contribution is -2.33. The van der Waals surface area contributed by atoms with Crippen LogP contribution in [0.25, 0.3) is 0 Å². The maximum atomic E-state index is 12.5. The fraction of sp³-hybridized carbons (Fsp3) is 0.600. The summed E-state index contributed by atoms with van der Waals surface area (Å²) in [7, 11) is 0. The summed E-state index contributed by atoms with van der Waals surface area (Å²) in [6.07, 6.45) is 10.9. The molecule has 0 unspecified atom stereocenters. The molecule has 4 heteroatoms. The van der Waals surface area contributed by atoms with Crippen molar-refractivity contribution in [3.8, 4) is 0 Å². The lowest BCUT2D eigenvalue weighted by atomic mass is 9.73. The smallest absolute Gasteiger partial charge is 0.255 e. The number of rotatable bonds is 1. The summed E-state index contributed by atoms with van der Waals surface area (Å²) in [5.74, 6) is 0.0647. The Kier molecular flexibility index (Phi) is 3.48. The highest BCUT2D eigenvalue weighted by Crippen LogP contribution is 2.44. The van der Waals surface area contributed by atoms with Gasteiger partial charge in [0, 0.05) is 25.5 Å². The predicted octanol–water partition coefficient (Wildman–Crippen LogP) is 3.53. The first kappa shape index (κ1) is 12.9. The summed E-state index contributed by atoms with van der Waals surface area (Å²) in [4.78, 5) is 18.4. The van der Waals surface area contributed by atoms with E-state index in [9.17, 15) is 4.79 Å². The molecule has 1 spiro atoms. The van der Waals surface area contributed by atoms with Gasteiger partial charge in [-0.15, -0.1) is 0 Å². The van der Waals surface area contributed by atoms with Crippen molar-refractivity contribution in [1.82, 2.24) is 9.88 Å². The van der Waals surface area contributed by atoms with Gasteiger partial charge in [-0.05, 0) is 30.7 Å². The Hall–Kier alpha value is -1.09. The van der Waals surface area contributed by atoms with Gasteiger partial charge in [-0.2, -0.15) is 0 Å². The molecule has 1 aliphatic heterocycles. The van der Waals surface area contributed by atoms with E-state index >= 15 is 0 Å². The Balaban J connectivity index is 1.74. The molecular weight excluding hydrogens is 260 g/mol. The summed E-state index contributed by atoms with van der Waals surface area (Å²) >= 11 is 6.06. The van der Waals surface area contributed by atoms with E-state index in [0.717, 1.165) is 19.5 Å². The van der Waals surface area contributed by atoms with Crippen LogP contribution in [0.4, 0.5) is 0 Å². The third-order valence-electron chi connectivity index (χ3n) is 4.64. The minimum atomic E-state index is 0.0647. The molecule has 2 fully saturated rings. The standard InChI is InChI=1S/C15H19ClN2O/c16-13-10-17-8-4-12(13)14(19)18-9-7-15(11-18)5-2-1-3-6-15/h4,8,10H,1-3,5-7,9,11H2. The number of hydrogen-bond acceptors (Lipinski definition) is 2. The Bertz CT molecular complexity index is 483. The molecule has 1 aliphatic carbocycles. The second-order valence-electron chi connectivity index (χ2n) is 5.89. The normalized spacial score (nSPS) is 21.8. The van der Waals surface area contributed by atoms with Gasteiger partial charge in [-0.3, -0.25) is 9.78 Å². The highest BCUT2D eigenvalue weighted by molar-refractivity contribution is 6.33. The van der Waals surface area contributed by atoms with Crippen LogP contribution in [0.1, 0.15) is 48.9 Å². The van der Waals surface area contributed by atoms with E-state index in [1.807, 2.05) is 4.90 Å². The van der Waals surface area contributed by atoms with Crippen molar-refractivity contribution >= 4 is 17.5 Å². The van der Waals surface area contributed by atoms with Gasteiger partial charge >= 0.3 is 0 Å². The van der Waals surface area contributed by atoms with Crippen LogP contribution in [0.5, 0.6) is 0 Å². The van der Waals surface area contributed by atoms with Crippen molar-refractivity contribution in [2.24, 2.45) is 5.41 Å². The van der Waals surface area contributed by atoms with Crippen LogP contribution in [0.2, 0.25) is 5.02 Å². The summed E-state index contributed by atoms with van der Waals surface area (Å²) < 4.78 is 0. The second kappa shape index (κ2) is 5.12. The van der Waals surface area contributed by atoms with Gasteiger partial charge in [-0.25, -0.2) is 0 Å². The monoisotopic (exact) mass is 278 g/mol. The van der Waals surface area contributed by atoms with Crippen molar-refractivity contribution in [2.45, 2.75) is 38.5 Å². The Morgan fingerprint density at radius 2 is 2.05 bits per heavy atom. The fourth-order valence-corrected chi connectivity index (χ4v) is 3.74. The van der Waals surface area contributed by atoms with Crippen molar-refractivity contribution in [3.63, 3.8) is 0 Å².